The highest BCUT2D eigenvalue weighted by atomic mass is 79.9. The number of benzene rings is 3. The van der Waals surface area contributed by atoms with E-state index in [-0.39, 0.29) is 5.78 Å². The Labute approximate surface area is 169 Å². The monoisotopic (exact) mass is 467 g/mol. The lowest BCUT2D eigenvalue weighted by atomic mass is 10.1. The lowest BCUT2D eigenvalue weighted by molar-refractivity contribution is 0.104. The fourth-order valence-electron chi connectivity index (χ4n) is 2.28. The Morgan fingerprint density at radius 3 is 2.08 bits per heavy atom. The van der Waals surface area contributed by atoms with Crippen LogP contribution < -0.4 is 0 Å². The molecule has 3 rings (SSSR count). The summed E-state index contributed by atoms with van der Waals surface area (Å²) in [6.45, 7) is 0. The van der Waals surface area contributed by atoms with Crippen molar-refractivity contribution in [2.24, 2.45) is 4.99 Å². The van der Waals surface area contributed by atoms with Crippen LogP contribution >= 0.6 is 31.9 Å². The number of ketones is 1. The summed E-state index contributed by atoms with van der Waals surface area (Å²) in [7, 11) is 0. The fourth-order valence-corrected chi connectivity index (χ4v) is 2.81. The van der Waals surface area contributed by atoms with Gasteiger partial charge in [-0.2, -0.15) is 0 Å². The van der Waals surface area contributed by atoms with Gasteiger partial charge >= 0.3 is 0 Å². The summed E-state index contributed by atoms with van der Waals surface area (Å²) in [5.74, 6) is -0.0476. The van der Waals surface area contributed by atoms with Gasteiger partial charge in [0, 0.05) is 20.7 Å². The zero-order valence-electron chi connectivity index (χ0n) is 13.8. The molecule has 26 heavy (non-hydrogen) atoms. The van der Waals surface area contributed by atoms with Crippen molar-refractivity contribution >= 4 is 55.6 Å². The second-order valence-electron chi connectivity index (χ2n) is 5.61. The predicted molar refractivity (Wildman–Crippen MR) is 115 cm³/mol. The van der Waals surface area contributed by atoms with Gasteiger partial charge in [0.1, 0.15) is 0 Å². The molecule has 128 valence electrons. The van der Waals surface area contributed by atoms with Crippen LogP contribution in [0.25, 0.3) is 6.08 Å². The van der Waals surface area contributed by atoms with Gasteiger partial charge in [-0.25, -0.2) is 0 Å². The molecule has 0 aliphatic rings. The molecule has 0 aliphatic carbocycles. The summed E-state index contributed by atoms with van der Waals surface area (Å²) in [6.07, 6.45) is 5.18. The molecule has 3 aromatic carbocycles. The molecule has 0 N–H and O–H groups in total. The number of carbonyl (C=O) groups excluding carboxylic acids is 1. The Hall–Kier alpha value is -2.30. The first-order valence-electron chi connectivity index (χ1n) is 7.98. The van der Waals surface area contributed by atoms with Crippen LogP contribution in [0.2, 0.25) is 0 Å². The van der Waals surface area contributed by atoms with E-state index in [4.69, 9.17) is 0 Å². The van der Waals surface area contributed by atoms with Gasteiger partial charge < -0.3 is 0 Å². The van der Waals surface area contributed by atoms with Crippen molar-refractivity contribution in [2.45, 2.75) is 0 Å². The lowest BCUT2D eigenvalue weighted by Crippen LogP contribution is -1.93. The third-order valence-corrected chi connectivity index (χ3v) is 4.72. The van der Waals surface area contributed by atoms with Crippen LogP contribution in [-0.2, 0) is 0 Å². The molecular weight excluding hydrogens is 454 g/mol. The molecule has 0 heterocycles. The summed E-state index contributed by atoms with van der Waals surface area (Å²) in [6, 6.07) is 23.0. The SMILES string of the molecule is O=C(/C=C/c1ccc(Br)cc1)c1cccc(N=Cc2ccc(Br)cc2)c1. The molecule has 0 saturated carbocycles. The fraction of sp³-hybridized carbons (Fsp3) is 0. The van der Waals surface area contributed by atoms with Gasteiger partial charge in [0.25, 0.3) is 0 Å². The molecular formula is C22H15Br2NO. The van der Waals surface area contributed by atoms with Crippen molar-refractivity contribution in [1.29, 1.82) is 0 Å². The van der Waals surface area contributed by atoms with E-state index >= 15 is 0 Å². The highest BCUT2D eigenvalue weighted by Crippen LogP contribution is 2.17. The third kappa shape index (κ3) is 5.35. The maximum Gasteiger partial charge on any atom is 0.185 e. The smallest absolute Gasteiger partial charge is 0.185 e. The van der Waals surface area contributed by atoms with Crippen LogP contribution in [-0.4, -0.2) is 12.0 Å². The number of carbonyl (C=O) groups is 1. The predicted octanol–water partition coefficient (Wildman–Crippen LogP) is 6.86. The highest BCUT2D eigenvalue weighted by molar-refractivity contribution is 9.10. The van der Waals surface area contributed by atoms with Gasteiger partial charge in [0.15, 0.2) is 5.78 Å². The van der Waals surface area contributed by atoms with E-state index in [2.05, 4.69) is 36.9 Å². The molecule has 0 atom stereocenters. The normalized spacial score (nSPS) is 11.3. The number of rotatable bonds is 5. The number of aliphatic imine (C=N–C) groups is 1. The van der Waals surface area contributed by atoms with Crippen LogP contribution in [0, 0.1) is 0 Å². The Kier molecular flexibility index (Phi) is 6.31. The van der Waals surface area contributed by atoms with E-state index in [9.17, 15) is 4.79 Å². The molecule has 0 spiro atoms. The summed E-state index contributed by atoms with van der Waals surface area (Å²) < 4.78 is 2.04. The number of allylic oxidation sites excluding steroid dienone is 1. The molecule has 0 unspecified atom stereocenters. The number of nitrogens with zero attached hydrogens (tertiary/aromatic N) is 1. The first-order chi connectivity index (χ1) is 12.6. The van der Waals surface area contributed by atoms with Crippen molar-refractivity contribution < 1.29 is 4.79 Å². The van der Waals surface area contributed by atoms with Gasteiger partial charge in [0.2, 0.25) is 0 Å². The minimum absolute atomic E-state index is 0.0476. The molecule has 0 radical (unpaired) electrons. The van der Waals surface area contributed by atoms with E-state index in [1.807, 2.05) is 66.7 Å². The summed E-state index contributed by atoms with van der Waals surface area (Å²) in [5.41, 5.74) is 3.34. The van der Waals surface area contributed by atoms with Crippen LogP contribution in [0.4, 0.5) is 5.69 Å². The number of hydrogen-bond donors (Lipinski definition) is 0. The molecule has 0 fully saturated rings. The quantitative estimate of drug-likeness (QED) is 0.228. The van der Waals surface area contributed by atoms with Gasteiger partial charge in [-0.3, -0.25) is 9.79 Å². The largest absolute Gasteiger partial charge is 0.289 e. The summed E-state index contributed by atoms with van der Waals surface area (Å²) in [5, 5.41) is 0. The molecule has 3 aromatic rings. The topological polar surface area (TPSA) is 29.4 Å². The van der Waals surface area contributed by atoms with Crippen molar-refractivity contribution in [3.8, 4) is 0 Å². The number of hydrogen-bond acceptors (Lipinski definition) is 2. The maximum absolute atomic E-state index is 12.4. The highest BCUT2D eigenvalue weighted by Gasteiger charge is 2.02. The Morgan fingerprint density at radius 2 is 1.42 bits per heavy atom. The van der Waals surface area contributed by atoms with Crippen molar-refractivity contribution in [3.05, 3.63) is 105 Å². The van der Waals surface area contributed by atoms with Crippen LogP contribution in [0.1, 0.15) is 21.5 Å². The molecule has 0 saturated heterocycles. The lowest BCUT2D eigenvalue weighted by Gasteiger charge is -1.99. The van der Waals surface area contributed by atoms with Crippen molar-refractivity contribution in [3.63, 3.8) is 0 Å². The van der Waals surface area contributed by atoms with E-state index in [0.29, 0.717) is 5.56 Å². The Bertz CT molecular complexity index is 958. The first kappa shape index (κ1) is 18.5. The molecule has 2 nitrogen and oxygen atoms in total. The second kappa shape index (κ2) is 8.88. The maximum atomic E-state index is 12.4. The minimum Gasteiger partial charge on any atom is -0.289 e. The van der Waals surface area contributed by atoms with Crippen molar-refractivity contribution in [1.82, 2.24) is 0 Å². The van der Waals surface area contributed by atoms with E-state index < -0.39 is 0 Å². The van der Waals surface area contributed by atoms with Gasteiger partial charge in [-0.15, -0.1) is 0 Å². The average Bonchev–Trinajstić information content (AvgIpc) is 2.67. The van der Waals surface area contributed by atoms with E-state index in [0.717, 1.165) is 25.8 Å². The Morgan fingerprint density at radius 1 is 0.808 bits per heavy atom. The molecule has 0 aromatic heterocycles. The second-order valence-corrected chi connectivity index (χ2v) is 7.44. The molecule has 0 amide bonds. The zero-order valence-corrected chi connectivity index (χ0v) is 16.9. The molecule has 4 heteroatoms. The zero-order chi connectivity index (χ0) is 18.4. The minimum atomic E-state index is -0.0476. The standard InChI is InChI=1S/C22H15Br2NO/c23-19-9-4-16(5-10-19)8-13-22(26)18-2-1-3-21(14-18)25-15-17-6-11-20(24)12-7-17/h1-15H/b13-8+,25-15?. The van der Waals surface area contributed by atoms with E-state index in [1.54, 1.807) is 24.4 Å². The Balaban J connectivity index is 1.72. The summed E-state index contributed by atoms with van der Waals surface area (Å²) >= 11 is 6.81. The van der Waals surface area contributed by atoms with Gasteiger partial charge in [-0.05, 0) is 53.6 Å². The van der Waals surface area contributed by atoms with Crippen molar-refractivity contribution in [2.75, 3.05) is 0 Å². The van der Waals surface area contributed by atoms with Gasteiger partial charge in [-0.1, -0.05) is 74.3 Å². The third-order valence-electron chi connectivity index (χ3n) is 3.66. The van der Waals surface area contributed by atoms with Gasteiger partial charge in [0.05, 0.1) is 5.69 Å². The average molecular weight is 469 g/mol. The van der Waals surface area contributed by atoms with Crippen LogP contribution in [0.5, 0.6) is 0 Å². The first-order valence-corrected chi connectivity index (χ1v) is 9.56. The number of halogens is 2. The van der Waals surface area contributed by atoms with Crippen LogP contribution in [0.3, 0.4) is 0 Å². The molecule has 0 aliphatic heterocycles. The van der Waals surface area contributed by atoms with E-state index in [1.165, 1.54) is 0 Å². The molecule has 0 bridgehead atoms. The van der Waals surface area contributed by atoms with Crippen LogP contribution in [0.15, 0.2) is 92.8 Å². The summed E-state index contributed by atoms with van der Waals surface area (Å²) in [4.78, 5) is 16.9.